The van der Waals surface area contributed by atoms with E-state index < -0.39 is 37.4 Å². The molecule has 1 heterocycles. The molecule has 0 fully saturated rings. The van der Waals surface area contributed by atoms with Gasteiger partial charge >= 0.3 is 35.5 Å². The van der Waals surface area contributed by atoms with Gasteiger partial charge in [0.2, 0.25) is 5.69 Å². The first kappa shape index (κ1) is 31.2. The molecule has 0 bridgehead atoms. The molecular formula is C24H30N2NaO8S2+. The number of allylic oxidation sites excluding steroid dienone is 1. The van der Waals surface area contributed by atoms with Gasteiger partial charge in [-0.2, -0.15) is 21.4 Å². The van der Waals surface area contributed by atoms with Crippen molar-refractivity contribution in [2.24, 2.45) is 0 Å². The number of para-hydroxylation sites is 1. The molecule has 2 aromatic rings. The van der Waals surface area contributed by atoms with Crippen LogP contribution >= 0.6 is 0 Å². The summed E-state index contributed by atoms with van der Waals surface area (Å²) in [6.45, 7) is 2.05. The molecule has 196 valence electrons. The summed E-state index contributed by atoms with van der Waals surface area (Å²) in [6.07, 6.45) is 4.13. The van der Waals surface area contributed by atoms with E-state index in [0.29, 0.717) is 29.8 Å². The summed E-state index contributed by atoms with van der Waals surface area (Å²) in [5.74, 6) is -1.42. The molecule has 1 atom stereocenters. The van der Waals surface area contributed by atoms with Crippen LogP contribution in [0.5, 0.6) is 0 Å². The fraction of sp³-hybridized carbons (Fsp3) is 0.333. The Morgan fingerprint density at radius 1 is 1.08 bits per heavy atom. The number of hydrogen-bond donors (Lipinski definition) is 4. The van der Waals surface area contributed by atoms with Crippen LogP contribution in [0.4, 0.5) is 11.4 Å². The first-order valence-electron chi connectivity index (χ1n) is 11.2. The Hall–Kier alpha value is -2.06. The zero-order valence-corrected chi connectivity index (χ0v) is 24.3. The van der Waals surface area contributed by atoms with Gasteiger partial charge < -0.3 is 11.8 Å². The van der Waals surface area contributed by atoms with Crippen LogP contribution in [0.25, 0.3) is 0 Å². The van der Waals surface area contributed by atoms with E-state index in [4.69, 9.17) is 5.11 Å². The normalized spacial score (nSPS) is 17.5. The van der Waals surface area contributed by atoms with Crippen LogP contribution in [-0.2, 0) is 30.4 Å². The maximum Gasteiger partial charge on any atom is 1.00 e. The Balaban J connectivity index is 0.00000361. The molecule has 2 aromatic carbocycles. The van der Waals surface area contributed by atoms with Crippen LogP contribution < -0.4 is 34.9 Å². The van der Waals surface area contributed by atoms with Gasteiger partial charge in [-0.15, -0.1) is 0 Å². The van der Waals surface area contributed by atoms with E-state index >= 15 is 0 Å². The predicted octanol–water partition coefficient (Wildman–Crippen LogP) is 0.565. The van der Waals surface area contributed by atoms with Crippen LogP contribution in [0.2, 0.25) is 0 Å². The van der Waals surface area contributed by atoms with Gasteiger partial charge in [-0.25, -0.2) is 0 Å². The largest absolute Gasteiger partial charge is 1.00 e. The van der Waals surface area contributed by atoms with Crippen LogP contribution in [0, 0.1) is 0 Å². The van der Waals surface area contributed by atoms with Crippen molar-refractivity contribution in [1.29, 1.82) is 0 Å². The average Bonchev–Trinajstić information content (AvgIpc) is 3.00. The Kier molecular flexibility index (Phi) is 10.7. The number of nitrogens with one attached hydrogen (secondary N) is 1. The number of aliphatic carboxylic acids is 1. The SMILES string of the molecule is CC1(CCCC(=O)O)C(/C=C/Nc2ccccc2)=[N+](CCCS(=O)(=O)O)c2ccc(S(=O)(=O)O)cc21.[H-].[Na+]. The number of carbonyl (C=O) groups is 1. The van der Waals surface area contributed by atoms with Crippen molar-refractivity contribution in [1.82, 2.24) is 0 Å². The number of fused-ring (bicyclic) bond motifs is 1. The van der Waals surface area contributed by atoms with E-state index in [2.05, 4.69) is 5.32 Å². The molecule has 0 saturated heterocycles. The van der Waals surface area contributed by atoms with Gasteiger partial charge in [0, 0.05) is 42.4 Å². The van der Waals surface area contributed by atoms with Gasteiger partial charge in [0.15, 0.2) is 5.71 Å². The zero-order valence-electron chi connectivity index (χ0n) is 21.7. The molecule has 13 heteroatoms. The molecule has 1 aliphatic heterocycles. The summed E-state index contributed by atoms with van der Waals surface area (Å²) < 4.78 is 67.0. The second-order valence-electron chi connectivity index (χ2n) is 8.75. The molecule has 0 amide bonds. The molecule has 3 rings (SSSR count). The molecule has 4 N–H and O–H groups in total. The van der Waals surface area contributed by atoms with Crippen LogP contribution in [0.15, 0.2) is 65.7 Å². The van der Waals surface area contributed by atoms with Crippen LogP contribution in [0.1, 0.15) is 39.6 Å². The van der Waals surface area contributed by atoms with Crippen molar-refractivity contribution >= 4 is 43.3 Å². The van der Waals surface area contributed by atoms with Crippen LogP contribution in [-0.4, -0.2) is 59.6 Å². The maximum atomic E-state index is 11.9. The minimum atomic E-state index is -4.50. The van der Waals surface area contributed by atoms with Gasteiger partial charge in [-0.05, 0) is 44.0 Å². The average molecular weight is 562 g/mol. The van der Waals surface area contributed by atoms with E-state index in [1.165, 1.54) is 18.2 Å². The number of rotatable bonds is 12. The summed E-state index contributed by atoms with van der Waals surface area (Å²) in [6, 6.07) is 13.5. The molecule has 0 aromatic heterocycles. The van der Waals surface area contributed by atoms with Crippen LogP contribution in [0.3, 0.4) is 0 Å². The fourth-order valence-electron chi connectivity index (χ4n) is 4.45. The second-order valence-corrected chi connectivity index (χ2v) is 11.7. The quantitative estimate of drug-likeness (QED) is 0.165. The fourth-order valence-corrected chi connectivity index (χ4v) is 5.45. The number of hydrogen-bond acceptors (Lipinski definition) is 6. The number of carboxylic acids is 1. The van der Waals surface area contributed by atoms with Gasteiger partial charge in [0.25, 0.3) is 20.2 Å². The Morgan fingerprint density at radius 3 is 2.35 bits per heavy atom. The molecule has 37 heavy (non-hydrogen) atoms. The van der Waals surface area contributed by atoms with Gasteiger partial charge in [-0.3, -0.25) is 13.9 Å². The second kappa shape index (κ2) is 12.7. The zero-order chi connectivity index (χ0) is 26.6. The summed E-state index contributed by atoms with van der Waals surface area (Å²) in [5, 5.41) is 12.3. The topological polar surface area (TPSA) is 161 Å². The van der Waals surface area contributed by atoms with Crippen molar-refractivity contribution in [3.63, 3.8) is 0 Å². The third-order valence-electron chi connectivity index (χ3n) is 6.12. The van der Waals surface area contributed by atoms with E-state index in [-0.39, 0.29) is 55.3 Å². The first-order chi connectivity index (χ1) is 16.8. The molecular weight excluding hydrogens is 531 g/mol. The van der Waals surface area contributed by atoms with E-state index in [9.17, 15) is 30.7 Å². The van der Waals surface area contributed by atoms with E-state index in [1.807, 2.05) is 41.8 Å². The molecule has 10 nitrogen and oxygen atoms in total. The van der Waals surface area contributed by atoms with Gasteiger partial charge in [0.1, 0.15) is 6.54 Å². The number of anilines is 1. The molecule has 0 spiro atoms. The Bertz CT molecular complexity index is 1410. The van der Waals surface area contributed by atoms with Crippen molar-refractivity contribution in [3.05, 3.63) is 66.4 Å². The van der Waals surface area contributed by atoms with E-state index in [1.54, 1.807) is 12.3 Å². The number of carboxylic acid groups (broad SMARTS) is 1. The molecule has 0 saturated carbocycles. The number of benzene rings is 2. The minimum absolute atomic E-state index is 0. The van der Waals surface area contributed by atoms with Crippen molar-refractivity contribution in [2.75, 3.05) is 17.6 Å². The van der Waals surface area contributed by atoms with Gasteiger partial charge in [-0.1, -0.05) is 18.2 Å². The smallest absolute Gasteiger partial charge is 1.00 e. The third-order valence-corrected chi connectivity index (χ3v) is 7.78. The summed E-state index contributed by atoms with van der Waals surface area (Å²) >= 11 is 0. The maximum absolute atomic E-state index is 11.9. The molecule has 1 unspecified atom stereocenters. The standard InChI is InChI=1S/C24H28N2O8S2.Na.H/c1-24(13-5-9-23(27)28)20-17-19(36(32,33)34)10-11-21(20)26(15-6-16-35(29,30)31)22(24)12-14-25-18-7-3-2-4-8-18;;/h2-4,7-8,10-12,14,17H,5-6,9,13,15-16H2,1H3,(H3,27,28,29,30,31,32,33,34);;/q;+1;-1/p+1. The molecule has 1 aliphatic rings. The predicted molar refractivity (Wildman–Crippen MR) is 136 cm³/mol. The van der Waals surface area contributed by atoms with Crippen molar-refractivity contribution in [2.45, 2.75) is 42.9 Å². The molecule has 0 radical (unpaired) electrons. The Labute approximate surface area is 240 Å². The first-order valence-corrected chi connectivity index (χ1v) is 14.3. The van der Waals surface area contributed by atoms with E-state index in [0.717, 1.165) is 5.69 Å². The third kappa shape index (κ3) is 8.21. The summed E-state index contributed by atoms with van der Waals surface area (Å²) in [4.78, 5) is 10.9. The molecule has 0 aliphatic carbocycles. The monoisotopic (exact) mass is 561 g/mol. The van der Waals surface area contributed by atoms with Crippen molar-refractivity contribution < 1.29 is 71.4 Å². The Morgan fingerprint density at radius 2 is 1.76 bits per heavy atom. The minimum Gasteiger partial charge on any atom is -1.00 e. The summed E-state index contributed by atoms with van der Waals surface area (Å²) in [5.41, 5.74) is 1.83. The number of nitrogens with zero attached hydrogens (tertiary/aromatic N) is 1. The summed E-state index contributed by atoms with van der Waals surface area (Å²) in [7, 11) is -8.68. The van der Waals surface area contributed by atoms with Crippen molar-refractivity contribution in [3.8, 4) is 0 Å². The van der Waals surface area contributed by atoms with Gasteiger partial charge in [0.05, 0.1) is 16.1 Å².